The van der Waals surface area contributed by atoms with E-state index in [0.717, 1.165) is 18.8 Å². The molecule has 0 radical (unpaired) electrons. The summed E-state index contributed by atoms with van der Waals surface area (Å²) in [6.45, 7) is 3.28. The molecule has 1 aliphatic rings. The Hall–Kier alpha value is -4.43. The standard InChI is InChI=1S/C26H25F4N7O3/c1-39-23-20(13-36-8-10-40-11-9-36)37-22(24(31)32-14-33-37)21(23)15-2-5-17(6-3-15)34-25(38)35-19-12-16(26(28,29)30)4-7-18(19)27/h2-7,12,14H,8-11,13H2,1H3,(H2,31,32,33)(H2,34,35,38). The predicted octanol–water partition coefficient (Wildman–Crippen LogP) is 4.62. The van der Waals surface area contributed by atoms with Gasteiger partial charge in [-0.15, -0.1) is 0 Å². The minimum Gasteiger partial charge on any atom is -0.494 e. The zero-order chi connectivity index (χ0) is 28.4. The number of hydrogen-bond acceptors (Lipinski definition) is 7. The summed E-state index contributed by atoms with van der Waals surface area (Å²) in [5.41, 5.74) is 7.58. The average molecular weight is 560 g/mol. The number of rotatable bonds is 6. The van der Waals surface area contributed by atoms with Gasteiger partial charge in [0.1, 0.15) is 17.7 Å². The van der Waals surface area contributed by atoms with Crippen LogP contribution in [0.4, 0.5) is 39.5 Å². The van der Waals surface area contributed by atoms with Gasteiger partial charge in [0.15, 0.2) is 11.6 Å². The van der Waals surface area contributed by atoms with E-state index in [2.05, 4.69) is 25.6 Å². The van der Waals surface area contributed by atoms with E-state index >= 15 is 0 Å². The smallest absolute Gasteiger partial charge is 0.416 e. The molecular weight excluding hydrogens is 534 g/mol. The van der Waals surface area contributed by atoms with Crippen LogP contribution in [-0.2, 0) is 17.5 Å². The number of morpholine rings is 1. The second-order valence-electron chi connectivity index (χ2n) is 9.00. The molecule has 0 bridgehead atoms. The number of nitrogens with one attached hydrogen (secondary N) is 2. The van der Waals surface area contributed by atoms with Crippen LogP contribution in [0.1, 0.15) is 11.3 Å². The fourth-order valence-corrected chi connectivity index (χ4v) is 4.55. The van der Waals surface area contributed by atoms with Crippen molar-refractivity contribution in [2.24, 2.45) is 0 Å². The van der Waals surface area contributed by atoms with Crippen molar-refractivity contribution in [2.75, 3.05) is 49.8 Å². The SMILES string of the molecule is COc1c(-c2ccc(NC(=O)Nc3cc(C(F)(F)F)ccc3F)cc2)c2c(N)ncnn2c1CN1CCOCC1. The predicted molar refractivity (Wildman–Crippen MR) is 140 cm³/mol. The molecule has 4 aromatic rings. The third kappa shape index (κ3) is 5.49. The van der Waals surface area contributed by atoms with Crippen LogP contribution in [0.25, 0.3) is 16.6 Å². The van der Waals surface area contributed by atoms with Gasteiger partial charge in [-0.3, -0.25) is 4.90 Å². The zero-order valence-electron chi connectivity index (χ0n) is 21.3. The fourth-order valence-electron chi connectivity index (χ4n) is 4.55. The van der Waals surface area contributed by atoms with Crippen molar-refractivity contribution < 1.29 is 31.8 Å². The first-order chi connectivity index (χ1) is 19.2. The second kappa shape index (κ2) is 11.0. The van der Waals surface area contributed by atoms with Gasteiger partial charge in [-0.05, 0) is 35.9 Å². The summed E-state index contributed by atoms with van der Waals surface area (Å²) in [6.07, 6.45) is -3.32. The minimum absolute atomic E-state index is 0.251. The number of nitrogens with two attached hydrogens (primary N) is 1. The van der Waals surface area contributed by atoms with Gasteiger partial charge in [0.25, 0.3) is 0 Å². The molecule has 2 amide bonds. The molecule has 3 heterocycles. The van der Waals surface area contributed by atoms with Crippen LogP contribution in [0.15, 0.2) is 48.8 Å². The first-order valence-electron chi connectivity index (χ1n) is 12.2. The van der Waals surface area contributed by atoms with Crippen LogP contribution in [-0.4, -0.2) is 58.9 Å². The number of hydrogen-bond donors (Lipinski definition) is 3. The van der Waals surface area contributed by atoms with Crippen LogP contribution < -0.4 is 21.1 Å². The zero-order valence-corrected chi connectivity index (χ0v) is 21.3. The molecule has 4 N–H and O–H groups in total. The normalized spacial score (nSPS) is 14.3. The topological polar surface area (TPSA) is 119 Å². The van der Waals surface area contributed by atoms with Crippen LogP contribution in [0.3, 0.4) is 0 Å². The number of urea groups is 1. The third-order valence-corrected chi connectivity index (χ3v) is 6.45. The second-order valence-corrected chi connectivity index (χ2v) is 9.00. The highest BCUT2D eigenvalue weighted by Gasteiger charge is 2.31. The number of methoxy groups -OCH3 is 1. The Bertz CT molecular complexity index is 1530. The highest BCUT2D eigenvalue weighted by molar-refractivity contribution is 6.00. The number of carbonyl (C=O) groups is 1. The third-order valence-electron chi connectivity index (χ3n) is 6.45. The van der Waals surface area contributed by atoms with Gasteiger partial charge in [-0.2, -0.15) is 18.3 Å². The molecule has 0 atom stereocenters. The van der Waals surface area contributed by atoms with Gasteiger partial charge >= 0.3 is 12.2 Å². The molecule has 1 aliphatic heterocycles. The Labute approximate surface area is 225 Å². The van der Waals surface area contributed by atoms with Crippen molar-refractivity contribution in [1.29, 1.82) is 0 Å². The summed E-state index contributed by atoms with van der Waals surface area (Å²) in [4.78, 5) is 18.8. The number of amides is 2. The lowest BCUT2D eigenvalue weighted by molar-refractivity contribution is -0.137. The van der Waals surface area contributed by atoms with Crippen LogP contribution in [0.2, 0.25) is 0 Å². The Kier molecular flexibility index (Phi) is 7.45. The summed E-state index contributed by atoms with van der Waals surface area (Å²) in [5.74, 6) is -0.183. The van der Waals surface area contributed by atoms with Gasteiger partial charge in [0.2, 0.25) is 0 Å². The molecule has 14 heteroatoms. The average Bonchev–Trinajstić information content (AvgIpc) is 3.24. The monoisotopic (exact) mass is 559 g/mol. The van der Waals surface area contributed by atoms with Gasteiger partial charge in [0.05, 0.1) is 42.8 Å². The molecule has 1 fully saturated rings. The Morgan fingerprint density at radius 1 is 1.12 bits per heavy atom. The molecule has 0 spiro atoms. The number of nitrogens with zero attached hydrogens (tertiary/aromatic N) is 4. The van der Waals surface area contributed by atoms with Crippen molar-refractivity contribution in [2.45, 2.75) is 12.7 Å². The summed E-state index contributed by atoms with van der Waals surface area (Å²) >= 11 is 0. The molecular formula is C26H25F4N7O3. The van der Waals surface area contributed by atoms with Crippen molar-refractivity contribution >= 4 is 28.7 Å². The highest BCUT2D eigenvalue weighted by Crippen LogP contribution is 2.41. The number of benzene rings is 2. The maximum atomic E-state index is 14.0. The molecule has 2 aromatic heterocycles. The number of aromatic nitrogens is 3. The Morgan fingerprint density at radius 2 is 1.85 bits per heavy atom. The molecule has 210 valence electrons. The molecule has 40 heavy (non-hydrogen) atoms. The highest BCUT2D eigenvalue weighted by atomic mass is 19.4. The maximum Gasteiger partial charge on any atom is 0.416 e. The first-order valence-corrected chi connectivity index (χ1v) is 12.2. The molecule has 0 unspecified atom stereocenters. The van der Waals surface area contributed by atoms with E-state index in [1.165, 1.54) is 6.33 Å². The van der Waals surface area contributed by atoms with E-state index in [4.69, 9.17) is 15.2 Å². The summed E-state index contributed by atoms with van der Waals surface area (Å²) in [5, 5.41) is 9.01. The van der Waals surface area contributed by atoms with E-state index in [0.29, 0.717) is 66.0 Å². The van der Waals surface area contributed by atoms with E-state index < -0.39 is 29.3 Å². The van der Waals surface area contributed by atoms with Crippen molar-refractivity contribution in [3.63, 3.8) is 0 Å². The van der Waals surface area contributed by atoms with Crippen molar-refractivity contribution in [3.05, 3.63) is 65.9 Å². The van der Waals surface area contributed by atoms with Crippen LogP contribution in [0.5, 0.6) is 5.75 Å². The van der Waals surface area contributed by atoms with Gasteiger partial charge in [0, 0.05) is 25.3 Å². The molecule has 10 nitrogen and oxygen atoms in total. The lowest BCUT2D eigenvalue weighted by Gasteiger charge is -2.26. The summed E-state index contributed by atoms with van der Waals surface area (Å²) in [6, 6.07) is 7.45. The van der Waals surface area contributed by atoms with Crippen LogP contribution >= 0.6 is 0 Å². The number of halogens is 4. The Morgan fingerprint density at radius 3 is 2.52 bits per heavy atom. The molecule has 0 aliphatic carbocycles. The molecule has 2 aromatic carbocycles. The van der Waals surface area contributed by atoms with Gasteiger partial charge in [-0.25, -0.2) is 18.7 Å². The van der Waals surface area contributed by atoms with Gasteiger partial charge in [-0.1, -0.05) is 12.1 Å². The number of nitrogen functional groups attached to an aromatic ring is 1. The fraction of sp³-hybridized carbons (Fsp3) is 0.269. The van der Waals surface area contributed by atoms with E-state index in [9.17, 15) is 22.4 Å². The van der Waals surface area contributed by atoms with E-state index in [1.54, 1.807) is 35.9 Å². The van der Waals surface area contributed by atoms with Crippen LogP contribution in [0, 0.1) is 5.82 Å². The number of ether oxygens (including phenoxy) is 2. The molecule has 1 saturated heterocycles. The quantitative estimate of drug-likeness (QED) is 0.295. The summed E-state index contributed by atoms with van der Waals surface area (Å²) < 4.78 is 65.9. The molecule has 0 saturated carbocycles. The van der Waals surface area contributed by atoms with E-state index in [-0.39, 0.29) is 5.82 Å². The molecule has 5 rings (SSSR count). The maximum absolute atomic E-state index is 14.0. The first kappa shape index (κ1) is 27.1. The number of fused-ring (bicyclic) bond motifs is 1. The Balaban J connectivity index is 1.41. The van der Waals surface area contributed by atoms with E-state index in [1.807, 2.05) is 0 Å². The van der Waals surface area contributed by atoms with Crippen molar-refractivity contribution in [3.8, 4) is 16.9 Å². The van der Waals surface area contributed by atoms with Crippen molar-refractivity contribution in [1.82, 2.24) is 19.5 Å². The lowest BCUT2D eigenvalue weighted by atomic mass is 10.0. The number of alkyl halides is 3. The largest absolute Gasteiger partial charge is 0.494 e. The number of carbonyl (C=O) groups excluding carboxylic acids is 1. The minimum atomic E-state index is -4.68. The number of anilines is 3. The summed E-state index contributed by atoms with van der Waals surface area (Å²) in [7, 11) is 1.55. The lowest BCUT2D eigenvalue weighted by Crippen LogP contribution is -2.36. The van der Waals surface area contributed by atoms with Gasteiger partial charge < -0.3 is 25.8 Å².